The molecule has 4 N–H and O–H groups in total. The van der Waals surface area contributed by atoms with E-state index in [9.17, 15) is 18.4 Å². The summed E-state index contributed by atoms with van der Waals surface area (Å²) in [5, 5.41) is 16.1. The summed E-state index contributed by atoms with van der Waals surface area (Å²) in [4.78, 5) is 11.0. The number of nitrogens with two attached hydrogens (primary N) is 1. The number of nitrogens with zero attached hydrogens (tertiary/aromatic N) is 4. The molecule has 0 spiro atoms. The second kappa shape index (κ2) is 8.51. The van der Waals surface area contributed by atoms with Gasteiger partial charge in [-0.1, -0.05) is 6.92 Å². The molecule has 2 heterocycles. The molecule has 1 aliphatic rings. The number of nitrogens with one attached hydrogen (secondary N) is 2. The van der Waals surface area contributed by atoms with Crippen LogP contribution in [0.5, 0.6) is 0 Å². The first-order valence-corrected chi connectivity index (χ1v) is 10.2. The van der Waals surface area contributed by atoms with Gasteiger partial charge in [0, 0.05) is 35.9 Å². The summed E-state index contributed by atoms with van der Waals surface area (Å²) in [5.74, 6) is 0.698. The second-order valence-electron chi connectivity index (χ2n) is 7.67. The Morgan fingerprint density at radius 3 is 2.75 bits per heavy atom. The first-order chi connectivity index (χ1) is 15.3. The van der Waals surface area contributed by atoms with Crippen LogP contribution >= 0.6 is 0 Å². The van der Waals surface area contributed by atoms with Crippen molar-refractivity contribution >= 4 is 34.0 Å². The molecule has 0 saturated carbocycles. The lowest BCUT2D eigenvalue weighted by molar-refractivity contribution is -0.137. The highest BCUT2D eigenvalue weighted by atomic mass is 19.4. The van der Waals surface area contributed by atoms with Gasteiger partial charge in [0.25, 0.3) is 0 Å². The van der Waals surface area contributed by atoms with Crippen LogP contribution in [0.25, 0.3) is 10.9 Å². The quantitative estimate of drug-likeness (QED) is 0.514. The van der Waals surface area contributed by atoms with Crippen molar-refractivity contribution in [2.45, 2.75) is 25.6 Å². The molecule has 4 rings (SSSR count). The zero-order valence-electron chi connectivity index (χ0n) is 17.4. The number of fused-ring (bicyclic) bond motifs is 1. The van der Waals surface area contributed by atoms with Crippen molar-refractivity contribution < 1.29 is 13.2 Å². The van der Waals surface area contributed by atoms with Crippen molar-refractivity contribution in [3.05, 3.63) is 47.5 Å². The minimum Gasteiger partial charge on any atom is -0.399 e. The van der Waals surface area contributed by atoms with Crippen LogP contribution in [0.1, 0.15) is 24.5 Å². The highest BCUT2D eigenvalue weighted by Gasteiger charge is 2.31. The summed E-state index contributed by atoms with van der Waals surface area (Å²) < 4.78 is 39.9. The van der Waals surface area contributed by atoms with Gasteiger partial charge in [0.1, 0.15) is 5.82 Å². The summed E-state index contributed by atoms with van der Waals surface area (Å²) in [5.41, 5.74) is 6.46. The fourth-order valence-corrected chi connectivity index (χ4v) is 3.91. The van der Waals surface area contributed by atoms with Crippen LogP contribution in [0, 0.1) is 11.3 Å². The van der Waals surface area contributed by atoms with Crippen LogP contribution in [0.3, 0.4) is 0 Å². The number of likely N-dealkylation sites (N-methyl/N-ethyl adjacent to an activating group) is 1. The van der Waals surface area contributed by atoms with Gasteiger partial charge in [-0.15, -0.1) is 0 Å². The smallest absolute Gasteiger partial charge is 0.399 e. The minimum absolute atomic E-state index is 0.133. The predicted molar refractivity (Wildman–Crippen MR) is 118 cm³/mol. The molecule has 1 aliphatic heterocycles. The number of rotatable bonds is 5. The first kappa shape index (κ1) is 21.6. The Balaban J connectivity index is 1.79. The molecule has 1 atom stereocenters. The van der Waals surface area contributed by atoms with Crippen molar-refractivity contribution in [3.63, 3.8) is 0 Å². The fourth-order valence-electron chi connectivity index (χ4n) is 3.91. The van der Waals surface area contributed by atoms with E-state index in [0.717, 1.165) is 31.6 Å². The zero-order valence-corrected chi connectivity index (χ0v) is 17.4. The third kappa shape index (κ3) is 4.53. The molecule has 1 saturated heterocycles. The van der Waals surface area contributed by atoms with Crippen molar-refractivity contribution in [3.8, 4) is 6.07 Å². The Bertz CT molecular complexity index is 1190. The number of alkyl halides is 3. The molecular weight excluding hydrogens is 419 g/mol. The Labute approximate surface area is 183 Å². The van der Waals surface area contributed by atoms with E-state index in [4.69, 9.17) is 5.73 Å². The molecule has 2 aromatic carbocycles. The molecule has 10 heteroatoms. The van der Waals surface area contributed by atoms with E-state index in [0.29, 0.717) is 34.7 Å². The summed E-state index contributed by atoms with van der Waals surface area (Å²) in [6, 6.07) is 10.5. The third-order valence-electron chi connectivity index (χ3n) is 5.33. The van der Waals surface area contributed by atoms with Gasteiger partial charge in [0.05, 0.1) is 22.7 Å². The van der Waals surface area contributed by atoms with Crippen LogP contribution in [0.2, 0.25) is 0 Å². The SMILES string of the molecule is CCNC1CCN(c2nc(Nc3cc(N)cc(C#N)c3)nc3cc(C(F)(F)F)ccc23)C1. The van der Waals surface area contributed by atoms with Gasteiger partial charge >= 0.3 is 6.18 Å². The summed E-state index contributed by atoms with van der Waals surface area (Å²) >= 11 is 0. The minimum atomic E-state index is -4.48. The maximum atomic E-state index is 13.3. The number of aromatic nitrogens is 2. The molecule has 3 aromatic rings. The van der Waals surface area contributed by atoms with E-state index < -0.39 is 11.7 Å². The van der Waals surface area contributed by atoms with Crippen molar-refractivity contribution in [1.29, 1.82) is 5.26 Å². The van der Waals surface area contributed by atoms with Crippen LogP contribution in [-0.2, 0) is 6.18 Å². The molecule has 7 nitrogen and oxygen atoms in total. The Kier molecular flexibility index (Phi) is 5.76. The second-order valence-corrected chi connectivity index (χ2v) is 7.67. The van der Waals surface area contributed by atoms with E-state index in [2.05, 4.69) is 25.5 Å². The number of hydrogen-bond donors (Lipinski definition) is 3. The predicted octanol–water partition coefficient (Wildman–Crippen LogP) is 4.03. The van der Waals surface area contributed by atoms with Gasteiger partial charge in [-0.2, -0.15) is 23.4 Å². The zero-order chi connectivity index (χ0) is 22.9. The average Bonchev–Trinajstić information content (AvgIpc) is 3.20. The Hall–Kier alpha value is -3.58. The number of hydrogen-bond acceptors (Lipinski definition) is 7. The molecule has 32 heavy (non-hydrogen) atoms. The highest BCUT2D eigenvalue weighted by Crippen LogP contribution is 2.35. The standard InChI is InChI=1S/C22H22F3N7/c1-2-28-16-5-6-32(12-16)20-18-4-3-14(22(23,24)25)9-19(18)30-21(31-20)29-17-8-13(11-26)7-15(27)10-17/h3-4,7-10,16,28H,2,5-6,12,27H2,1H3,(H,29,30,31). The van der Waals surface area contributed by atoms with Gasteiger partial charge in [-0.3, -0.25) is 0 Å². The lowest BCUT2D eigenvalue weighted by Gasteiger charge is -2.21. The number of benzene rings is 2. The topological polar surface area (TPSA) is 103 Å². The van der Waals surface area contributed by atoms with Gasteiger partial charge in [0.2, 0.25) is 5.95 Å². The number of nitriles is 1. The van der Waals surface area contributed by atoms with E-state index in [1.54, 1.807) is 12.1 Å². The van der Waals surface area contributed by atoms with Crippen LogP contribution in [0.4, 0.5) is 36.3 Å². The lowest BCUT2D eigenvalue weighted by atomic mass is 10.1. The monoisotopic (exact) mass is 441 g/mol. The summed E-state index contributed by atoms with van der Waals surface area (Å²) in [6.07, 6.45) is -3.57. The first-order valence-electron chi connectivity index (χ1n) is 10.2. The lowest BCUT2D eigenvalue weighted by Crippen LogP contribution is -2.32. The third-order valence-corrected chi connectivity index (χ3v) is 5.33. The van der Waals surface area contributed by atoms with E-state index in [-0.39, 0.29) is 17.5 Å². The molecule has 1 unspecified atom stereocenters. The van der Waals surface area contributed by atoms with Crippen molar-refractivity contribution in [2.24, 2.45) is 0 Å². The molecule has 166 valence electrons. The van der Waals surface area contributed by atoms with E-state index in [1.807, 2.05) is 13.0 Å². The highest BCUT2D eigenvalue weighted by molar-refractivity contribution is 5.91. The van der Waals surface area contributed by atoms with Gasteiger partial charge in [-0.25, -0.2) is 4.98 Å². The number of nitrogen functional groups attached to an aromatic ring is 1. The van der Waals surface area contributed by atoms with Gasteiger partial charge in [0.15, 0.2) is 0 Å². The van der Waals surface area contributed by atoms with E-state index in [1.165, 1.54) is 12.1 Å². The molecule has 0 radical (unpaired) electrons. The molecular formula is C22H22F3N7. The van der Waals surface area contributed by atoms with Crippen LogP contribution in [-0.4, -0.2) is 35.6 Å². The summed E-state index contributed by atoms with van der Waals surface area (Å²) in [7, 11) is 0. The number of anilines is 4. The maximum absolute atomic E-state index is 13.3. The van der Waals surface area contributed by atoms with Gasteiger partial charge in [-0.05, 0) is 49.4 Å². The Morgan fingerprint density at radius 2 is 2.03 bits per heavy atom. The molecule has 0 amide bonds. The van der Waals surface area contributed by atoms with Crippen molar-refractivity contribution in [1.82, 2.24) is 15.3 Å². The fraction of sp³-hybridized carbons (Fsp3) is 0.318. The summed E-state index contributed by atoms with van der Waals surface area (Å²) in [6.45, 7) is 4.28. The van der Waals surface area contributed by atoms with E-state index >= 15 is 0 Å². The molecule has 0 aliphatic carbocycles. The Morgan fingerprint density at radius 1 is 1.22 bits per heavy atom. The van der Waals surface area contributed by atoms with Gasteiger partial charge < -0.3 is 21.3 Å². The average molecular weight is 441 g/mol. The largest absolute Gasteiger partial charge is 0.416 e. The maximum Gasteiger partial charge on any atom is 0.416 e. The molecule has 1 fully saturated rings. The van der Waals surface area contributed by atoms with Crippen molar-refractivity contribution in [2.75, 3.05) is 35.6 Å². The normalized spacial score (nSPS) is 16.3. The molecule has 1 aromatic heterocycles. The number of halogens is 3. The van der Waals surface area contributed by atoms with Crippen LogP contribution < -0.4 is 21.3 Å². The van der Waals surface area contributed by atoms with Crippen LogP contribution in [0.15, 0.2) is 36.4 Å². The molecule has 0 bridgehead atoms.